The topological polar surface area (TPSA) is 52.7 Å². The molecule has 1 aromatic carbocycles. The third kappa shape index (κ3) is 3.55. The van der Waals surface area contributed by atoms with Gasteiger partial charge in [-0.25, -0.2) is 0 Å². The Kier molecular flexibility index (Phi) is 6.21. The lowest BCUT2D eigenvalue weighted by molar-refractivity contribution is -0.131. The van der Waals surface area contributed by atoms with Gasteiger partial charge in [0.1, 0.15) is 0 Å². The average Bonchev–Trinajstić information content (AvgIpc) is 2.92. The molecule has 0 saturated carbocycles. The molecule has 1 aliphatic heterocycles. The van der Waals surface area contributed by atoms with E-state index in [1.165, 1.54) is 0 Å². The molecule has 1 aliphatic rings. The molecule has 3 rings (SSSR count). The van der Waals surface area contributed by atoms with E-state index in [1.54, 1.807) is 18.4 Å². The molecule has 2 heterocycles. The maximum absolute atomic E-state index is 12.8. The third-order valence-electron chi connectivity index (χ3n) is 4.29. The van der Waals surface area contributed by atoms with Crippen LogP contribution in [-0.2, 0) is 4.79 Å². The maximum Gasteiger partial charge on any atom is 0.264 e. The first-order chi connectivity index (χ1) is 11.1. The summed E-state index contributed by atoms with van der Waals surface area (Å²) in [5, 5.41) is 4.03. The number of hydrogen-bond acceptors (Lipinski definition) is 4. The fourth-order valence-electron chi connectivity index (χ4n) is 2.94. The van der Waals surface area contributed by atoms with Gasteiger partial charge in [-0.05, 0) is 31.0 Å². The minimum absolute atomic E-state index is 0. The SMILES string of the molecule is CNCC(=O)N1CCN(C(=O)c2sc3ccccc3c2C)CC1.Cl. The number of aryl methyl sites for hydroxylation is 1. The number of nitrogens with zero attached hydrogens (tertiary/aromatic N) is 2. The van der Waals surface area contributed by atoms with E-state index in [0.717, 1.165) is 20.5 Å². The molecule has 2 aromatic rings. The van der Waals surface area contributed by atoms with Crippen LogP contribution in [-0.4, -0.2) is 61.4 Å². The summed E-state index contributed by atoms with van der Waals surface area (Å²) in [5.41, 5.74) is 1.06. The number of piperazine rings is 1. The summed E-state index contributed by atoms with van der Waals surface area (Å²) in [7, 11) is 1.77. The van der Waals surface area contributed by atoms with Gasteiger partial charge >= 0.3 is 0 Å². The number of benzene rings is 1. The van der Waals surface area contributed by atoms with Gasteiger partial charge in [0.25, 0.3) is 5.91 Å². The Bertz CT molecular complexity index is 739. The first-order valence-corrected chi connectivity index (χ1v) is 8.63. The van der Waals surface area contributed by atoms with Crippen molar-refractivity contribution in [2.45, 2.75) is 6.92 Å². The second-order valence-electron chi connectivity index (χ2n) is 5.76. The van der Waals surface area contributed by atoms with Crippen LogP contribution in [0.3, 0.4) is 0 Å². The summed E-state index contributed by atoms with van der Waals surface area (Å²) in [5.74, 6) is 0.182. The molecule has 1 fully saturated rings. The van der Waals surface area contributed by atoms with Gasteiger partial charge in [0.15, 0.2) is 0 Å². The summed E-state index contributed by atoms with van der Waals surface area (Å²) in [4.78, 5) is 29.2. The Labute approximate surface area is 152 Å². The molecule has 24 heavy (non-hydrogen) atoms. The van der Waals surface area contributed by atoms with E-state index in [4.69, 9.17) is 0 Å². The van der Waals surface area contributed by atoms with Crippen molar-refractivity contribution in [3.63, 3.8) is 0 Å². The van der Waals surface area contributed by atoms with Crippen molar-refractivity contribution in [3.8, 4) is 0 Å². The Hall–Kier alpha value is -1.63. The second-order valence-corrected chi connectivity index (χ2v) is 6.81. The first kappa shape index (κ1) is 18.7. The van der Waals surface area contributed by atoms with Crippen LogP contribution in [0.2, 0.25) is 0 Å². The number of rotatable bonds is 3. The van der Waals surface area contributed by atoms with Crippen molar-refractivity contribution in [1.82, 2.24) is 15.1 Å². The zero-order chi connectivity index (χ0) is 16.4. The molecule has 0 bridgehead atoms. The van der Waals surface area contributed by atoms with Crippen molar-refractivity contribution in [3.05, 3.63) is 34.7 Å². The van der Waals surface area contributed by atoms with Crippen LogP contribution in [0.1, 0.15) is 15.2 Å². The lowest BCUT2D eigenvalue weighted by Gasteiger charge is -2.34. The summed E-state index contributed by atoms with van der Waals surface area (Å²) < 4.78 is 1.15. The number of carbonyl (C=O) groups is 2. The molecule has 2 amide bonds. The number of carbonyl (C=O) groups excluding carboxylic acids is 2. The van der Waals surface area contributed by atoms with Crippen molar-refractivity contribution in [2.24, 2.45) is 0 Å². The van der Waals surface area contributed by atoms with Crippen molar-refractivity contribution in [2.75, 3.05) is 39.8 Å². The smallest absolute Gasteiger partial charge is 0.264 e. The Morgan fingerprint density at radius 1 is 1.12 bits per heavy atom. The largest absolute Gasteiger partial charge is 0.338 e. The van der Waals surface area contributed by atoms with Gasteiger partial charge < -0.3 is 15.1 Å². The standard InChI is InChI=1S/C17H21N3O2S.ClH/c1-12-13-5-3-4-6-14(13)23-16(12)17(22)20-9-7-19(8-10-20)15(21)11-18-2;/h3-6,18H,7-11H2,1-2H3;1H. The molecule has 0 radical (unpaired) electrons. The Morgan fingerprint density at radius 2 is 1.75 bits per heavy atom. The Morgan fingerprint density at radius 3 is 2.38 bits per heavy atom. The van der Waals surface area contributed by atoms with Crippen LogP contribution >= 0.6 is 23.7 Å². The number of thiophene rings is 1. The van der Waals surface area contributed by atoms with E-state index < -0.39 is 0 Å². The predicted molar refractivity (Wildman–Crippen MR) is 100 cm³/mol. The van der Waals surface area contributed by atoms with Crippen LogP contribution in [0.4, 0.5) is 0 Å². The zero-order valence-corrected chi connectivity index (χ0v) is 15.5. The van der Waals surface area contributed by atoms with Crippen molar-refractivity contribution in [1.29, 1.82) is 0 Å². The van der Waals surface area contributed by atoms with E-state index in [2.05, 4.69) is 17.4 Å². The quantitative estimate of drug-likeness (QED) is 0.904. The number of amides is 2. The van der Waals surface area contributed by atoms with Crippen molar-refractivity contribution >= 4 is 45.6 Å². The number of fused-ring (bicyclic) bond motifs is 1. The summed E-state index contributed by atoms with van der Waals surface area (Å²) >= 11 is 1.56. The highest BCUT2D eigenvalue weighted by Gasteiger charge is 2.26. The molecule has 1 saturated heterocycles. The van der Waals surface area contributed by atoms with Crippen LogP contribution in [0.5, 0.6) is 0 Å². The second kappa shape index (κ2) is 7.96. The summed E-state index contributed by atoms with van der Waals surface area (Å²) in [6.07, 6.45) is 0. The lowest BCUT2D eigenvalue weighted by atomic mass is 10.1. The molecule has 5 nitrogen and oxygen atoms in total. The number of halogens is 1. The van der Waals surface area contributed by atoms with E-state index in [0.29, 0.717) is 32.7 Å². The molecule has 0 atom stereocenters. The van der Waals surface area contributed by atoms with E-state index in [1.807, 2.05) is 28.9 Å². The lowest BCUT2D eigenvalue weighted by Crippen LogP contribution is -2.52. The fourth-order valence-corrected chi connectivity index (χ4v) is 4.12. The molecule has 7 heteroatoms. The van der Waals surface area contributed by atoms with Gasteiger partial charge in [-0.2, -0.15) is 0 Å². The van der Waals surface area contributed by atoms with E-state index in [-0.39, 0.29) is 24.2 Å². The molecule has 0 spiro atoms. The summed E-state index contributed by atoms with van der Waals surface area (Å²) in [6, 6.07) is 8.12. The molecular formula is C17H22ClN3O2S. The minimum atomic E-state index is 0. The highest BCUT2D eigenvalue weighted by molar-refractivity contribution is 7.21. The molecule has 1 aromatic heterocycles. The number of nitrogens with one attached hydrogen (secondary N) is 1. The van der Waals surface area contributed by atoms with Crippen LogP contribution in [0.15, 0.2) is 24.3 Å². The van der Waals surface area contributed by atoms with Gasteiger partial charge in [-0.1, -0.05) is 18.2 Å². The van der Waals surface area contributed by atoms with E-state index >= 15 is 0 Å². The van der Waals surface area contributed by atoms with Crippen LogP contribution < -0.4 is 5.32 Å². The highest BCUT2D eigenvalue weighted by atomic mass is 35.5. The highest BCUT2D eigenvalue weighted by Crippen LogP contribution is 2.31. The summed E-state index contributed by atoms with van der Waals surface area (Å²) in [6.45, 7) is 4.78. The van der Waals surface area contributed by atoms with Crippen molar-refractivity contribution < 1.29 is 9.59 Å². The van der Waals surface area contributed by atoms with Gasteiger partial charge in [-0.3, -0.25) is 9.59 Å². The van der Waals surface area contributed by atoms with Gasteiger partial charge in [-0.15, -0.1) is 23.7 Å². The Balaban J connectivity index is 0.00000208. The molecule has 130 valence electrons. The van der Waals surface area contributed by atoms with Crippen LogP contribution in [0.25, 0.3) is 10.1 Å². The average molecular weight is 368 g/mol. The zero-order valence-electron chi connectivity index (χ0n) is 13.9. The molecule has 0 unspecified atom stereocenters. The molecule has 1 N–H and O–H groups in total. The van der Waals surface area contributed by atoms with Gasteiger partial charge in [0, 0.05) is 30.9 Å². The first-order valence-electron chi connectivity index (χ1n) is 7.81. The van der Waals surface area contributed by atoms with E-state index in [9.17, 15) is 9.59 Å². The monoisotopic (exact) mass is 367 g/mol. The molecule has 0 aliphatic carbocycles. The fraction of sp³-hybridized carbons (Fsp3) is 0.412. The van der Waals surface area contributed by atoms with Gasteiger partial charge in [0.05, 0.1) is 11.4 Å². The number of likely N-dealkylation sites (N-methyl/N-ethyl adjacent to an activating group) is 1. The molecular weight excluding hydrogens is 346 g/mol. The third-order valence-corrected chi connectivity index (χ3v) is 5.55. The van der Waals surface area contributed by atoms with Crippen LogP contribution in [0, 0.1) is 6.92 Å². The maximum atomic E-state index is 12.8. The van der Waals surface area contributed by atoms with Gasteiger partial charge in [0.2, 0.25) is 5.91 Å². The number of hydrogen-bond donors (Lipinski definition) is 1. The normalized spacial score (nSPS) is 14.6. The predicted octanol–water partition coefficient (Wildman–Crippen LogP) is 2.14. The minimum Gasteiger partial charge on any atom is -0.338 e.